The van der Waals surface area contributed by atoms with Gasteiger partial charge in [-0.25, -0.2) is 4.21 Å². The summed E-state index contributed by atoms with van der Waals surface area (Å²) in [6.07, 6.45) is 0. The molecule has 1 unspecified atom stereocenters. The first-order chi connectivity index (χ1) is 5.65. The number of nitrogen functional groups attached to an aromatic ring is 1. The molecule has 0 aliphatic heterocycles. The number of hydrazine groups is 1. The zero-order valence-corrected chi connectivity index (χ0v) is 7.39. The van der Waals surface area contributed by atoms with Crippen molar-refractivity contribution in [3.63, 3.8) is 0 Å². The molecule has 4 nitrogen and oxygen atoms in total. The molecular weight excluding hydrogens is 176 g/mol. The van der Waals surface area contributed by atoms with Crippen LogP contribution in [0.2, 0.25) is 0 Å². The van der Waals surface area contributed by atoms with Crippen molar-refractivity contribution < 1.29 is 8.76 Å². The number of benzene rings is 1. The Hall–Kier alpha value is -0.910. The van der Waals surface area contributed by atoms with E-state index in [1.54, 1.807) is 18.2 Å². The van der Waals surface area contributed by atoms with Gasteiger partial charge in [0.05, 0.1) is 10.6 Å². The summed E-state index contributed by atoms with van der Waals surface area (Å²) in [5, 5.41) is 0. The number of hydrogen-bond donors (Lipinski definition) is 3. The van der Waals surface area contributed by atoms with Gasteiger partial charge >= 0.3 is 0 Å². The van der Waals surface area contributed by atoms with Gasteiger partial charge in [-0.1, -0.05) is 0 Å². The zero-order chi connectivity index (χ0) is 9.14. The summed E-state index contributed by atoms with van der Waals surface area (Å²) < 4.78 is 19.3. The molecule has 4 N–H and O–H groups in total. The Bertz CT molecular complexity index is 314. The maximum Gasteiger partial charge on any atom is 0.186 e. The SMILES string of the molecule is Cc1cc(S(=O)O)ccc1NN. The maximum atomic E-state index is 10.6. The lowest BCUT2D eigenvalue weighted by Crippen LogP contribution is -2.08. The third-order valence-electron chi connectivity index (χ3n) is 1.56. The molecule has 1 atom stereocenters. The molecular formula is C7H10N2O2S. The van der Waals surface area contributed by atoms with Gasteiger partial charge in [0.2, 0.25) is 0 Å². The average molecular weight is 186 g/mol. The van der Waals surface area contributed by atoms with Gasteiger partial charge in [0.1, 0.15) is 0 Å². The van der Waals surface area contributed by atoms with E-state index in [9.17, 15) is 4.21 Å². The molecule has 0 fully saturated rings. The van der Waals surface area contributed by atoms with Gasteiger partial charge in [-0.2, -0.15) is 0 Å². The predicted molar refractivity (Wildman–Crippen MR) is 48.0 cm³/mol. The zero-order valence-electron chi connectivity index (χ0n) is 6.57. The van der Waals surface area contributed by atoms with Crippen molar-refractivity contribution >= 4 is 16.8 Å². The summed E-state index contributed by atoms with van der Waals surface area (Å²) in [4.78, 5) is 0.381. The minimum atomic E-state index is -1.92. The lowest BCUT2D eigenvalue weighted by molar-refractivity contribution is 0.564. The van der Waals surface area contributed by atoms with E-state index < -0.39 is 11.1 Å². The molecule has 0 aliphatic carbocycles. The van der Waals surface area contributed by atoms with Crippen LogP contribution in [0, 0.1) is 6.92 Å². The van der Waals surface area contributed by atoms with E-state index >= 15 is 0 Å². The Morgan fingerprint density at radius 3 is 2.67 bits per heavy atom. The fourth-order valence-corrected chi connectivity index (χ4v) is 1.37. The number of nitrogens with one attached hydrogen (secondary N) is 1. The largest absolute Gasteiger partial charge is 0.324 e. The van der Waals surface area contributed by atoms with Crippen LogP contribution >= 0.6 is 0 Å². The first-order valence-corrected chi connectivity index (χ1v) is 4.44. The summed E-state index contributed by atoms with van der Waals surface area (Å²) in [5.74, 6) is 5.19. The maximum absolute atomic E-state index is 10.6. The fourth-order valence-electron chi connectivity index (χ4n) is 0.907. The lowest BCUT2D eigenvalue weighted by atomic mass is 10.2. The number of anilines is 1. The molecule has 1 aromatic rings. The molecule has 0 amide bonds. The number of aryl methyl sites for hydroxylation is 1. The van der Waals surface area contributed by atoms with Gasteiger partial charge in [-0.15, -0.1) is 0 Å². The Morgan fingerprint density at radius 2 is 2.25 bits per heavy atom. The number of hydrogen-bond acceptors (Lipinski definition) is 3. The van der Waals surface area contributed by atoms with Gasteiger partial charge in [-0.3, -0.25) is 5.84 Å². The quantitative estimate of drug-likeness (QED) is 0.364. The van der Waals surface area contributed by atoms with Crippen LogP contribution < -0.4 is 11.3 Å². The highest BCUT2D eigenvalue weighted by Gasteiger charge is 2.01. The fraction of sp³-hybridized carbons (Fsp3) is 0.143. The van der Waals surface area contributed by atoms with Crippen molar-refractivity contribution in [2.75, 3.05) is 5.43 Å². The highest BCUT2D eigenvalue weighted by molar-refractivity contribution is 7.79. The summed E-state index contributed by atoms with van der Waals surface area (Å²) in [6.45, 7) is 1.81. The lowest BCUT2D eigenvalue weighted by Gasteiger charge is -2.04. The average Bonchev–Trinajstić information content (AvgIpc) is 2.04. The van der Waals surface area contributed by atoms with Crippen LogP contribution in [-0.2, 0) is 11.1 Å². The van der Waals surface area contributed by atoms with Crippen LogP contribution in [0.15, 0.2) is 23.1 Å². The normalized spacial score (nSPS) is 12.6. The van der Waals surface area contributed by atoms with Crippen molar-refractivity contribution in [1.82, 2.24) is 0 Å². The first-order valence-electron chi connectivity index (χ1n) is 3.33. The summed E-state index contributed by atoms with van der Waals surface area (Å²) in [6, 6.07) is 4.84. The van der Waals surface area contributed by atoms with Gasteiger partial charge in [-0.05, 0) is 30.7 Å². The Morgan fingerprint density at radius 1 is 1.58 bits per heavy atom. The molecule has 0 saturated heterocycles. The monoisotopic (exact) mass is 186 g/mol. The molecule has 0 saturated carbocycles. The van der Waals surface area contributed by atoms with Crippen LogP contribution in [0.25, 0.3) is 0 Å². The topological polar surface area (TPSA) is 75.3 Å². The molecule has 0 aromatic heterocycles. The molecule has 5 heteroatoms. The van der Waals surface area contributed by atoms with Crippen molar-refractivity contribution in [3.8, 4) is 0 Å². The van der Waals surface area contributed by atoms with Crippen molar-refractivity contribution in [2.24, 2.45) is 5.84 Å². The van der Waals surface area contributed by atoms with Crippen LogP contribution in [0.3, 0.4) is 0 Å². The molecule has 12 heavy (non-hydrogen) atoms. The number of nitrogens with two attached hydrogens (primary N) is 1. The van der Waals surface area contributed by atoms with E-state index in [2.05, 4.69) is 5.43 Å². The Balaban J connectivity index is 3.10. The van der Waals surface area contributed by atoms with Crippen LogP contribution in [-0.4, -0.2) is 8.76 Å². The molecule has 0 heterocycles. The van der Waals surface area contributed by atoms with E-state index in [0.29, 0.717) is 4.90 Å². The summed E-state index contributed by atoms with van der Waals surface area (Å²) >= 11 is -1.92. The molecule has 0 radical (unpaired) electrons. The first kappa shape index (κ1) is 9.18. The minimum absolute atomic E-state index is 0.381. The van der Waals surface area contributed by atoms with Crippen molar-refractivity contribution in [1.29, 1.82) is 0 Å². The van der Waals surface area contributed by atoms with Crippen LogP contribution in [0.4, 0.5) is 5.69 Å². The van der Waals surface area contributed by atoms with E-state index in [0.717, 1.165) is 11.3 Å². The van der Waals surface area contributed by atoms with E-state index in [4.69, 9.17) is 10.4 Å². The Labute approximate surface area is 73.0 Å². The second-order valence-electron chi connectivity index (χ2n) is 2.37. The van der Waals surface area contributed by atoms with Crippen LogP contribution in [0.1, 0.15) is 5.56 Å². The summed E-state index contributed by atoms with van der Waals surface area (Å²) in [5.41, 5.74) is 4.08. The predicted octanol–water partition coefficient (Wildman–Crippen LogP) is 0.861. The van der Waals surface area contributed by atoms with E-state index in [1.807, 2.05) is 6.92 Å². The van der Waals surface area contributed by atoms with Gasteiger partial charge in [0.25, 0.3) is 0 Å². The standard InChI is InChI=1S/C7H10N2O2S/c1-5-4-6(12(10)11)2-3-7(5)9-8/h2-4,9H,8H2,1H3,(H,10,11). The van der Waals surface area contributed by atoms with Gasteiger partial charge < -0.3 is 9.98 Å². The molecule has 1 rings (SSSR count). The van der Waals surface area contributed by atoms with E-state index in [1.165, 1.54) is 0 Å². The third-order valence-corrected chi connectivity index (χ3v) is 2.21. The van der Waals surface area contributed by atoms with Crippen molar-refractivity contribution in [2.45, 2.75) is 11.8 Å². The molecule has 0 spiro atoms. The highest BCUT2D eigenvalue weighted by Crippen LogP contribution is 2.16. The van der Waals surface area contributed by atoms with Gasteiger partial charge in [0, 0.05) is 0 Å². The highest BCUT2D eigenvalue weighted by atomic mass is 32.2. The molecule has 0 bridgehead atoms. The second-order valence-corrected chi connectivity index (χ2v) is 3.34. The van der Waals surface area contributed by atoms with Gasteiger partial charge in [0.15, 0.2) is 11.1 Å². The second kappa shape index (κ2) is 3.66. The molecule has 0 aliphatic rings. The third kappa shape index (κ3) is 1.82. The molecule has 66 valence electrons. The molecule has 1 aromatic carbocycles. The van der Waals surface area contributed by atoms with E-state index in [-0.39, 0.29) is 0 Å². The summed E-state index contributed by atoms with van der Waals surface area (Å²) in [7, 11) is 0. The van der Waals surface area contributed by atoms with Crippen molar-refractivity contribution in [3.05, 3.63) is 23.8 Å². The number of rotatable bonds is 2. The Kier molecular flexibility index (Phi) is 2.80. The minimum Gasteiger partial charge on any atom is -0.324 e. The van der Waals surface area contributed by atoms with Crippen LogP contribution in [0.5, 0.6) is 0 Å². The smallest absolute Gasteiger partial charge is 0.186 e.